The van der Waals surface area contributed by atoms with Crippen LogP contribution < -0.4 is 10.9 Å². The number of carbonyl (C=O) groups is 2. The van der Waals surface area contributed by atoms with Crippen molar-refractivity contribution in [3.05, 3.63) is 59.7 Å². The smallest absolute Gasteiger partial charge is 0.273 e. The quantitative estimate of drug-likeness (QED) is 0.724. The van der Waals surface area contributed by atoms with Crippen LogP contribution in [0.2, 0.25) is 0 Å². The summed E-state index contributed by atoms with van der Waals surface area (Å²) in [6, 6.07) is 11.6. The molecule has 0 radical (unpaired) electrons. The van der Waals surface area contributed by atoms with Gasteiger partial charge in [0, 0.05) is 24.7 Å². The molecule has 0 unspecified atom stereocenters. The molecule has 2 heterocycles. The van der Waals surface area contributed by atoms with E-state index in [0.29, 0.717) is 23.6 Å². The summed E-state index contributed by atoms with van der Waals surface area (Å²) >= 11 is 0. The molecule has 2 aromatic heterocycles. The molecule has 0 atom stereocenters. The average molecular weight is 325 g/mol. The number of nitrogens with one attached hydrogen (secondary N) is 2. The van der Waals surface area contributed by atoms with E-state index < -0.39 is 0 Å². The molecular weight excluding hydrogens is 306 g/mol. The van der Waals surface area contributed by atoms with Crippen LogP contribution in [0.25, 0.3) is 10.9 Å². The lowest BCUT2D eigenvalue weighted by Gasteiger charge is -2.08. The maximum Gasteiger partial charge on any atom is 0.273 e. The molecule has 0 aliphatic carbocycles. The maximum atomic E-state index is 12.0. The summed E-state index contributed by atoms with van der Waals surface area (Å²) in [5.41, 5.74) is 6.35. The van der Waals surface area contributed by atoms with Gasteiger partial charge in [-0.05, 0) is 37.4 Å². The summed E-state index contributed by atoms with van der Waals surface area (Å²) in [6.45, 7) is 4.02. The van der Waals surface area contributed by atoms with Gasteiger partial charge < -0.3 is 8.98 Å². The lowest BCUT2D eigenvalue weighted by Crippen LogP contribution is -2.42. The Morgan fingerprint density at radius 2 is 1.92 bits per heavy atom. The van der Waals surface area contributed by atoms with Gasteiger partial charge in [-0.3, -0.25) is 20.4 Å². The van der Waals surface area contributed by atoms with Crippen LogP contribution in [0.1, 0.15) is 28.3 Å². The van der Waals surface area contributed by atoms with E-state index >= 15 is 0 Å². The Kier molecular flexibility index (Phi) is 4.37. The minimum Gasteiger partial charge on any atom is -0.466 e. The molecule has 124 valence electrons. The summed E-state index contributed by atoms with van der Waals surface area (Å²) in [7, 11) is 0. The lowest BCUT2D eigenvalue weighted by atomic mass is 10.2. The van der Waals surface area contributed by atoms with Crippen molar-refractivity contribution < 1.29 is 14.0 Å². The average Bonchev–Trinajstić information content (AvgIpc) is 3.13. The highest BCUT2D eigenvalue weighted by atomic mass is 16.3. The first-order valence-electron chi connectivity index (χ1n) is 7.74. The molecule has 0 spiro atoms. The van der Waals surface area contributed by atoms with Gasteiger partial charge in [0.25, 0.3) is 5.91 Å². The third kappa shape index (κ3) is 3.32. The van der Waals surface area contributed by atoms with Crippen LogP contribution >= 0.6 is 0 Å². The zero-order valence-electron chi connectivity index (χ0n) is 13.6. The molecule has 3 rings (SSSR count). The fourth-order valence-electron chi connectivity index (χ4n) is 2.67. The maximum absolute atomic E-state index is 12.0. The molecule has 0 aliphatic heterocycles. The van der Waals surface area contributed by atoms with E-state index in [1.165, 1.54) is 0 Å². The number of carbonyl (C=O) groups excluding carboxylic acids is 2. The predicted octanol–water partition coefficient (Wildman–Crippen LogP) is 2.70. The van der Waals surface area contributed by atoms with E-state index in [9.17, 15) is 9.59 Å². The number of aryl methyl sites for hydroxylation is 3. The largest absolute Gasteiger partial charge is 0.466 e. The minimum absolute atomic E-state index is 0.251. The van der Waals surface area contributed by atoms with E-state index in [1.807, 2.05) is 41.1 Å². The molecule has 0 bridgehead atoms. The van der Waals surface area contributed by atoms with Crippen molar-refractivity contribution in [1.82, 2.24) is 15.4 Å². The second kappa shape index (κ2) is 6.62. The number of benzene rings is 1. The van der Waals surface area contributed by atoms with E-state index in [4.69, 9.17) is 4.42 Å². The van der Waals surface area contributed by atoms with Crippen molar-refractivity contribution in [3.8, 4) is 0 Å². The molecule has 0 saturated heterocycles. The van der Waals surface area contributed by atoms with Gasteiger partial charge in [0.1, 0.15) is 11.5 Å². The predicted molar refractivity (Wildman–Crippen MR) is 90.3 cm³/mol. The third-order valence-corrected chi connectivity index (χ3v) is 3.86. The van der Waals surface area contributed by atoms with Gasteiger partial charge in [-0.25, -0.2) is 0 Å². The second-order valence-electron chi connectivity index (χ2n) is 5.65. The molecule has 24 heavy (non-hydrogen) atoms. The number of furan rings is 1. The van der Waals surface area contributed by atoms with Crippen LogP contribution in [-0.2, 0) is 11.3 Å². The Morgan fingerprint density at radius 1 is 1.12 bits per heavy atom. The first kappa shape index (κ1) is 15.9. The zero-order chi connectivity index (χ0) is 17.1. The van der Waals surface area contributed by atoms with Gasteiger partial charge in [-0.15, -0.1) is 0 Å². The molecule has 3 aromatic rings. The van der Waals surface area contributed by atoms with Crippen molar-refractivity contribution in [2.75, 3.05) is 0 Å². The standard InChI is InChI=1S/C18H19N3O3/c1-12-11-15(13(2)24-12)18(23)20-19-17(22)8-10-21-9-7-14-5-3-4-6-16(14)21/h3-7,9,11H,8,10H2,1-2H3,(H,19,22)(H,20,23). The molecule has 1 aromatic carbocycles. The van der Waals surface area contributed by atoms with Crippen LogP contribution in [0.5, 0.6) is 0 Å². The number of rotatable bonds is 4. The van der Waals surface area contributed by atoms with Gasteiger partial charge in [0.2, 0.25) is 5.91 Å². The van der Waals surface area contributed by atoms with Gasteiger partial charge in [-0.1, -0.05) is 18.2 Å². The highest BCUT2D eigenvalue weighted by Gasteiger charge is 2.14. The number of hydrogen-bond donors (Lipinski definition) is 2. The van der Waals surface area contributed by atoms with Crippen molar-refractivity contribution in [3.63, 3.8) is 0 Å². The summed E-state index contributed by atoms with van der Waals surface area (Å²) < 4.78 is 7.32. The molecule has 6 nitrogen and oxygen atoms in total. The second-order valence-corrected chi connectivity index (χ2v) is 5.65. The van der Waals surface area contributed by atoms with Gasteiger partial charge in [0.15, 0.2) is 0 Å². The summed E-state index contributed by atoms with van der Waals surface area (Å²) in [5, 5.41) is 1.14. The topological polar surface area (TPSA) is 76.3 Å². The van der Waals surface area contributed by atoms with E-state index in [1.54, 1.807) is 19.9 Å². The van der Waals surface area contributed by atoms with Gasteiger partial charge >= 0.3 is 0 Å². The SMILES string of the molecule is Cc1cc(C(=O)NNC(=O)CCn2ccc3ccccc32)c(C)o1. The molecular formula is C18H19N3O3. The Labute approximate surface area is 139 Å². The molecule has 0 aliphatic rings. The van der Waals surface area contributed by atoms with Crippen molar-refractivity contribution >= 4 is 22.7 Å². The molecule has 0 saturated carbocycles. The van der Waals surface area contributed by atoms with Crippen LogP contribution in [0.4, 0.5) is 0 Å². The van der Waals surface area contributed by atoms with E-state index in [0.717, 1.165) is 10.9 Å². The third-order valence-electron chi connectivity index (χ3n) is 3.86. The number of hydrazine groups is 1. The zero-order valence-corrected chi connectivity index (χ0v) is 13.6. The summed E-state index contributed by atoms with van der Waals surface area (Å²) in [6.07, 6.45) is 2.22. The van der Waals surface area contributed by atoms with Crippen molar-refractivity contribution in [2.45, 2.75) is 26.8 Å². The van der Waals surface area contributed by atoms with Gasteiger partial charge in [-0.2, -0.15) is 0 Å². The highest BCUT2D eigenvalue weighted by Crippen LogP contribution is 2.15. The van der Waals surface area contributed by atoms with E-state index in [2.05, 4.69) is 10.9 Å². The molecule has 6 heteroatoms. The van der Waals surface area contributed by atoms with Crippen LogP contribution in [0, 0.1) is 13.8 Å². The van der Waals surface area contributed by atoms with Gasteiger partial charge in [0.05, 0.1) is 5.56 Å². The molecule has 2 N–H and O–H groups in total. The van der Waals surface area contributed by atoms with Crippen molar-refractivity contribution in [1.29, 1.82) is 0 Å². The Morgan fingerprint density at radius 3 is 2.67 bits per heavy atom. The minimum atomic E-state index is -0.385. The van der Waals surface area contributed by atoms with E-state index in [-0.39, 0.29) is 18.2 Å². The highest BCUT2D eigenvalue weighted by molar-refractivity contribution is 5.96. The summed E-state index contributed by atoms with van der Waals surface area (Å²) in [5.74, 6) is 0.546. The summed E-state index contributed by atoms with van der Waals surface area (Å²) in [4.78, 5) is 23.9. The molecule has 2 amide bonds. The Hall–Kier alpha value is -3.02. The Bertz CT molecular complexity index is 892. The van der Waals surface area contributed by atoms with Crippen LogP contribution in [0.3, 0.4) is 0 Å². The van der Waals surface area contributed by atoms with Crippen LogP contribution in [0.15, 0.2) is 47.0 Å². The number of aromatic nitrogens is 1. The number of nitrogens with zero attached hydrogens (tertiary/aromatic N) is 1. The fourth-order valence-corrected chi connectivity index (χ4v) is 2.67. The van der Waals surface area contributed by atoms with Crippen LogP contribution in [-0.4, -0.2) is 16.4 Å². The number of fused-ring (bicyclic) bond motifs is 1. The fraction of sp³-hybridized carbons (Fsp3) is 0.222. The lowest BCUT2D eigenvalue weighted by molar-refractivity contribution is -0.122. The van der Waals surface area contributed by atoms with Crippen molar-refractivity contribution in [2.24, 2.45) is 0 Å². The number of para-hydroxylation sites is 1. The first-order valence-corrected chi connectivity index (χ1v) is 7.74. The number of hydrogen-bond acceptors (Lipinski definition) is 3. The normalized spacial score (nSPS) is 10.8. The Balaban J connectivity index is 1.53. The first-order chi connectivity index (χ1) is 11.5. The monoisotopic (exact) mass is 325 g/mol. The molecule has 0 fully saturated rings. The number of amides is 2.